The number of nitrogens with zero attached hydrogens (tertiary/aromatic N) is 2. The summed E-state index contributed by atoms with van der Waals surface area (Å²) >= 11 is 0. The van der Waals surface area contributed by atoms with Gasteiger partial charge in [-0.2, -0.15) is 0 Å². The lowest BCUT2D eigenvalue weighted by Gasteiger charge is -2.34. The summed E-state index contributed by atoms with van der Waals surface area (Å²) in [5.41, 5.74) is 1.60. The van der Waals surface area contributed by atoms with Gasteiger partial charge in [0.25, 0.3) is 0 Å². The first-order chi connectivity index (χ1) is 11.2. The van der Waals surface area contributed by atoms with Gasteiger partial charge in [0.2, 0.25) is 5.89 Å². The SMILES string of the molecule is COC[C@@H]1CCCCN1Cc1nc(-c2cccc(F)c2)oc1C. The zero-order valence-corrected chi connectivity index (χ0v) is 13.7. The minimum Gasteiger partial charge on any atom is -0.441 e. The number of aromatic nitrogens is 1. The first kappa shape index (κ1) is 16.1. The Kier molecular flexibility index (Phi) is 5.08. The molecule has 0 bridgehead atoms. The average molecular weight is 318 g/mol. The van der Waals surface area contributed by atoms with E-state index in [1.807, 2.05) is 13.0 Å². The number of halogens is 1. The van der Waals surface area contributed by atoms with Crippen LogP contribution < -0.4 is 0 Å². The van der Waals surface area contributed by atoms with Gasteiger partial charge in [-0.3, -0.25) is 4.90 Å². The normalized spacial score (nSPS) is 19.2. The maximum atomic E-state index is 13.4. The first-order valence-electron chi connectivity index (χ1n) is 8.12. The summed E-state index contributed by atoms with van der Waals surface area (Å²) in [5.74, 6) is 0.999. The lowest BCUT2D eigenvalue weighted by molar-refractivity contribution is 0.0590. The highest BCUT2D eigenvalue weighted by Crippen LogP contribution is 2.25. The van der Waals surface area contributed by atoms with Crippen molar-refractivity contribution in [2.45, 2.75) is 38.8 Å². The minimum absolute atomic E-state index is 0.281. The molecule has 124 valence electrons. The molecule has 3 rings (SSSR count). The lowest BCUT2D eigenvalue weighted by atomic mass is 10.0. The summed E-state index contributed by atoms with van der Waals surface area (Å²) in [7, 11) is 1.75. The molecule has 0 unspecified atom stereocenters. The molecule has 0 amide bonds. The van der Waals surface area contributed by atoms with Crippen LogP contribution >= 0.6 is 0 Å². The Balaban J connectivity index is 1.78. The van der Waals surface area contributed by atoms with Crippen LogP contribution in [0.3, 0.4) is 0 Å². The monoisotopic (exact) mass is 318 g/mol. The number of likely N-dealkylation sites (tertiary alicyclic amines) is 1. The molecular weight excluding hydrogens is 295 g/mol. The standard InChI is InChI=1S/C18H23FN2O2/c1-13-17(11-21-9-4-3-8-16(21)12-22-2)20-18(23-13)14-6-5-7-15(19)10-14/h5-7,10,16H,3-4,8-9,11-12H2,1-2H3/t16-/m0/s1. The fourth-order valence-corrected chi connectivity index (χ4v) is 3.16. The summed E-state index contributed by atoms with van der Waals surface area (Å²) in [6.45, 7) is 4.46. The van der Waals surface area contributed by atoms with E-state index in [0.717, 1.165) is 37.6 Å². The van der Waals surface area contributed by atoms with Crippen LogP contribution in [-0.2, 0) is 11.3 Å². The molecule has 0 saturated carbocycles. The van der Waals surface area contributed by atoms with Crippen molar-refractivity contribution in [3.63, 3.8) is 0 Å². The molecule has 2 aromatic rings. The van der Waals surface area contributed by atoms with Gasteiger partial charge in [-0.05, 0) is 44.5 Å². The summed E-state index contributed by atoms with van der Waals surface area (Å²) in [4.78, 5) is 7.00. The Hall–Kier alpha value is -1.72. The van der Waals surface area contributed by atoms with E-state index in [4.69, 9.17) is 9.15 Å². The second-order valence-electron chi connectivity index (χ2n) is 6.11. The van der Waals surface area contributed by atoms with Crippen LogP contribution in [0, 0.1) is 12.7 Å². The molecule has 1 fully saturated rings. The van der Waals surface area contributed by atoms with Crippen LogP contribution in [0.2, 0.25) is 0 Å². The molecule has 1 atom stereocenters. The lowest BCUT2D eigenvalue weighted by Crippen LogP contribution is -2.41. The van der Waals surface area contributed by atoms with Crippen LogP contribution in [0.25, 0.3) is 11.5 Å². The number of methoxy groups -OCH3 is 1. The van der Waals surface area contributed by atoms with E-state index in [1.54, 1.807) is 13.2 Å². The van der Waals surface area contributed by atoms with E-state index in [-0.39, 0.29) is 5.82 Å². The number of hydrogen-bond acceptors (Lipinski definition) is 4. The smallest absolute Gasteiger partial charge is 0.226 e. The maximum absolute atomic E-state index is 13.4. The van der Waals surface area contributed by atoms with Crippen molar-refractivity contribution in [1.82, 2.24) is 9.88 Å². The number of hydrogen-bond donors (Lipinski definition) is 0. The topological polar surface area (TPSA) is 38.5 Å². The molecule has 2 heterocycles. The first-order valence-corrected chi connectivity index (χ1v) is 8.12. The number of piperidine rings is 1. The van der Waals surface area contributed by atoms with Crippen molar-refractivity contribution >= 4 is 0 Å². The third-order valence-corrected chi connectivity index (χ3v) is 4.43. The van der Waals surface area contributed by atoms with Crippen LogP contribution in [0.5, 0.6) is 0 Å². The van der Waals surface area contributed by atoms with Crippen molar-refractivity contribution in [3.8, 4) is 11.5 Å². The third-order valence-electron chi connectivity index (χ3n) is 4.43. The quantitative estimate of drug-likeness (QED) is 0.841. The van der Waals surface area contributed by atoms with Gasteiger partial charge in [-0.1, -0.05) is 12.5 Å². The highest BCUT2D eigenvalue weighted by molar-refractivity contribution is 5.53. The molecule has 1 aromatic carbocycles. The summed E-state index contributed by atoms with van der Waals surface area (Å²) in [6, 6.07) is 6.78. The molecule has 5 heteroatoms. The Morgan fingerprint density at radius 1 is 1.39 bits per heavy atom. The van der Waals surface area contributed by atoms with Crippen LogP contribution in [-0.4, -0.2) is 36.2 Å². The van der Waals surface area contributed by atoms with Crippen LogP contribution in [0.15, 0.2) is 28.7 Å². The Labute approximate surface area is 136 Å². The van der Waals surface area contributed by atoms with Gasteiger partial charge >= 0.3 is 0 Å². The van der Waals surface area contributed by atoms with E-state index < -0.39 is 0 Å². The van der Waals surface area contributed by atoms with Crippen molar-refractivity contribution in [2.75, 3.05) is 20.3 Å². The molecule has 0 radical (unpaired) electrons. The summed E-state index contributed by atoms with van der Waals surface area (Å²) in [6.07, 6.45) is 3.60. The predicted octanol–water partition coefficient (Wildman–Crippen LogP) is 3.79. The fraction of sp³-hybridized carbons (Fsp3) is 0.500. The van der Waals surface area contributed by atoms with Gasteiger partial charge in [0.1, 0.15) is 11.6 Å². The number of aryl methyl sites for hydroxylation is 1. The van der Waals surface area contributed by atoms with Gasteiger partial charge in [-0.15, -0.1) is 0 Å². The van der Waals surface area contributed by atoms with E-state index in [0.29, 0.717) is 17.5 Å². The molecule has 0 aliphatic carbocycles. The Morgan fingerprint density at radius 2 is 2.26 bits per heavy atom. The Morgan fingerprint density at radius 3 is 3.04 bits per heavy atom. The molecule has 0 N–H and O–H groups in total. The van der Waals surface area contributed by atoms with E-state index in [9.17, 15) is 4.39 Å². The molecular formula is C18H23FN2O2. The highest BCUT2D eigenvalue weighted by atomic mass is 19.1. The van der Waals surface area contributed by atoms with Gasteiger partial charge in [0, 0.05) is 25.3 Å². The largest absolute Gasteiger partial charge is 0.441 e. The van der Waals surface area contributed by atoms with Gasteiger partial charge in [0.15, 0.2) is 0 Å². The average Bonchev–Trinajstić information content (AvgIpc) is 2.91. The second kappa shape index (κ2) is 7.23. The van der Waals surface area contributed by atoms with Crippen LogP contribution in [0.4, 0.5) is 4.39 Å². The zero-order valence-electron chi connectivity index (χ0n) is 13.7. The minimum atomic E-state index is -0.281. The highest BCUT2D eigenvalue weighted by Gasteiger charge is 2.24. The number of benzene rings is 1. The molecule has 4 nitrogen and oxygen atoms in total. The van der Waals surface area contributed by atoms with Gasteiger partial charge in [0.05, 0.1) is 12.3 Å². The third kappa shape index (κ3) is 3.79. The molecule has 1 aromatic heterocycles. The molecule has 1 aliphatic heterocycles. The van der Waals surface area contributed by atoms with E-state index in [2.05, 4.69) is 9.88 Å². The predicted molar refractivity (Wildman–Crippen MR) is 86.6 cm³/mol. The van der Waals surface area contributed by atoms with Crippen molar-refractivity contribution in [1.29, 1.82) is 0 Å². The Bertz CT molecular complexity index is 654. The van der Waals surface area contributed by atoms with Crippen molar-refractivity contribution in [2.24, 2.45) is 0 Å². The zero-order chi connectivity index (χ0) is 16.2. The second-order valence-corrected chi connectivity index (χ2v) is 6.11. The molecule has 0 spiro atoms. The number of oxazole rings is 1. The number of rotatable bonds is 5. The van der Waals surface area contributed by atoms with Crippen molar-refractivity contribution < 1.29 is 13.5 Å². The van der Waals surface area contributed by atoms with E-state index >= 15 is 0 Å². The van der Waals surface area contributed by atoms with Crippen LogP contribution in [0.1, 0.15) is 30.7 Å². The van der Waals surface area contributed by atoms with Crippen molar-refractivity contribution in [3.05, 3.63) is 41.5 Å². The molecule has 1 aliphatic rings. The van der Waals surface area contributed by atoms with E-state index in [1.165, 1.54) is 25.0 Å². The molecule has 1 saturated heterocycles. The van der Waals surface area contributed by atoms with Gasteiger partial charge in [-0.25, -0.2) is 9.37 Å². The summed E-state index contributed by atoms with van der Waals surface area (Å²) in [5, 5.41) is 0. The van der Waals surface area contributed by atoms with Gasteiger partial charge < -0.3 is 9.15 Å². The summed E-state index contributed by atoms with van der Waals surface area (Å²) < 4.78 is 24.5. The molecule has 23 heavy (non-hydrogen) atoms. The number of ether oxygens (including phenoxy) is 1. The fourth-order valence-electron chi connectivity index (χ4n) is 3.16. The maximum Gasteiger partial charge on any atom is 0.226 e.